The summed E-state index contributed by atoms with van der Waals surface area (Å²) in [7, 11) is 0. The lowest BCUT2D eigenvalue weighted by atomic mass is 10.1. The topological polar surface area (TPSA) is 70.2 Å². The Labute approximate surface area is 104 Å². The third-order valence-electron chi connectivity index (χ3n) is 2.57. The standard InChI is InChI=1S/C12H8F3NO3/c13-12(14,15)8-3-1-2-7-9(17)4-6(5-10(18)19)16-11(7)8/h1-4H,5H2,(H,16,17)(H,18,19). The van der Waals surface area contributed by atoms with Gasteiger partial charge in [0, 0.05) is 17.1 Å². The van der Waals surface area contributed by atoms with Gasteiger partial charge in [-0.15, -0.1) is 0 Å². The van der Waals surface area contributed by atoms with E-state index in [1.165, 1.54) is 6.07 Å². The summed E-state index contributed by atoms with van der Waals surface area (Å²) in [5.41, 5.74) is -2.09. The molecule has 0 amide bonds. The van der Waals surface area contributed by atoms with Gasteiger partial charge in [0.1, 0.15) is 0 Å². The molecule has 1 aromatic carbocycles. The van der Waals surface area contributed by atoms with Crippen molar-refractivity contribution in [2.75, 3.05) is 0 Å². The van der Waals surface area contributed by atoms with Gasteiger partial charge in [-0.05, 0) is 12.1 Å². The minimum absolute atomic E-state index is 0.0679. The molecule has 100 valence electrons. The highest BCUT2D eigenvalue weighted by atomic mass is 19.4. The van der Waals surface area contributed by atoms with Gasteiger partial charge in [-0.3, -0.25) is 9.59 Å². The van der Waals surface area contributed by atoms with E-state index in [9.17, 15) is 22.8 Å². The first-order valence-corrected chi connectivity index (χ1v) is 5.23. The Morgan fingerprint density at radius 3 is 2.58 bits per heavy atom. The number of aliphatic carboxylic acids is 1. The summed E-state index contributed by atoms with van der Waals surface area (Å²) in [6.45, 7) is 0. The molecule has 19 heavy (non-hydrogen) atoms. The summed E-state index contributed by atoms with van der Waals surface area (Å²) in [6.07, 6.45) is -5.17. The average molecular weight is 271 g/mol. The fourth-order valence-electron chi connectivity index (χ4n) is 1.82. The van der Waals surface area contributed by atoms with Crippen LogP contribution in [0.2, 0.25) is 0 Å². The van der Waals surface area contributed by atoms with Crippen LogP contribution < -0.4 is 5.43 Å². The zero-order valence-electron chi connectivity index (χ0n) is 9.41. The summed E-state index contributed by atoms with van der Waals surface area (Å²) in [4.78, 5) is 24.6. The lowest BCUT2D eigenvalue weighted by Gasteiger charge is -2.10. The fraction of sp³-hybridized carbons (Fsp3) is 0.167. The number of nitrogens with one attached hydrogen (secondary N) is 1. The van der Waals surface area contributed by atoms with Crippen LogP contribution in [0.4, 0.5) is 13.2 Å². The molecule has 0 radical (unpaired) electrons. The minimum atomic E-state index is -4.62. The fourth-order valence-corrected chi connectivity index (χ4v) is 1.82. The first-order chi connectivity index (χ1) is 8.79. The van der Waals surface area contributed by atoms with Gasteiger partial charge < -0.3 is 10.1 Å². The Kier molecular flexibility index (Phi) is 3.05. The minimum Gasteiger partial charge on any atom is -0.481 e. The molecular weight excluding hydrogens is 263 g/mol. The van der Waals surface area contributed by atoms with Gasteiger partial charge in [-0.25, -0.2) is 0 Å². The number of hydrogen-bond acceptors (Lipinski definition) is 2. The molecule has 0 saturated heterocycles. The second kappa shape index (κ2) is 4.42. The van der Waals surface area contributed by atoms with Gasteiger partial charge in [-0.2, -0.15) is 13.2 Å². The first kappa shape index (κ1) is 13.1. The monoisotopic (exact) mass is 271 g/mol. The molecule has 0 unspecified atom stereocenters. The number of aromatic amines is 1. The van der Waals surface area contributed by atoms with Crippen molar-refractivity contribution in [2.24, 2.45) is 0 Å². The van der Waals surface area contributed by atoms with Gasteiger partial charge in [-0.1, -0.05) is 6.07 Å². The highest BCUT2D eigenvalue weighted by Gasteiger charge is 2.33. The third kappa shape index (κ3) is 2.59. The molecule has 4 nitrogen and oxygen atoms in total. The molecule has 2 N–H and O–H groups in total. The number of hydrogen-bond donors (Lipinski definition) is 2. The first-order valence-electron chi connectivity index (χ1n) is 5.23. The molecule has 1 aromatic heterocycles. The number of carboxylic acids is 1. The van der Waals surface area contributed by atoms with Crippen molar-refractivity contribution in [3.05, 3.63) is 45.7 Å². The Hall–Kier alpha value is -2.31. The second-order valence-electron chi connectivity index (χ2n) is 3.96. The van der Waals surface area contributed by atoms with E-state index in [1.807, 2.05) is 0 Å². The van der Waals surface area contributed by atoms with Crippen LogP contribution in [-0.4, -0.2) is 16.1 Å². The molecular formula is C12H8F3NO3. The number of aromatic nitrogens is 1. The molecule has 0 spiro atoms. The summed E-state index contributed by atoms with van der Waals surface area (Å²) in [5.74, 6) is -1.24. The van der Waals surface area contributed by atoms with Crippen LogP contribution in [0.1, 0.15) is 11.3 Å². The molecule has 0 saturated carbocycles. The van der Waals surface area contributed by atoms with E-state index in [1.54, 1.807) is 0 Å². The Bertz CT molecular complexity index is 703. The van der Waals surface area contributed by atoms with Crippen molar-refractivity contribution in [3.8, 4) is 0 Å². The summed E-state index contributed by atoms with van der Waals surface area (Å²) < 4.78 is 38.4. The van der Waals surface area contributed by atoms with Crippen molar-refractivity contribution in [2.45, 2.75) is 12.6 Å². The zero-order valence-corrected chi connectivity index (χ0v) is 9.41. The predicted octanol–water partition coefficient (Wildman–Crippen LogP) is 2.17. The van der Waals surface area contributed by atoms with Gasteiger partial charge in [0.05, 0.1) is 17.5 Å². The van der Waals surface area contributed by atoms with Gasteiger partial charge in [0.15, 0.2) is 5.43 Å². The highest BCUT2D eigenvalue weighted by Crippen LogP contribution is 2.33. The van der Waals surface area contributed by atoms with E-state index in [0.717, 1.165) is 18.2 Å². The number of halogens is 3. The second-order valence-corrected chi connectivity index (χ2v) is 3.96. The Balaban J connectivity index is 2.76. The largest absolute Gasteiger partial charge is 0.481 e. The maximum Gasteiger partial charge on any atom is 0.418 e. The maximum absolute atomic E-state index is 12.8. The quantitative estimate of drug-likeness (QED) is 0.879. The predicted molar refractivity (Wildman–Crippen MR) is 60.9 cm³/mol. The molecule has 2 aromatic rings. The average Bonchev–Trinajstić information content (AvgIpc) is 2.26. The van der Waals surface area contributed by atoms with Crippen LogP contribution in [-0.2, 0) is 17.4 Å². The van der Waals surface area contributed by atoms with Gasteiger partial charge >= 0.3 is 12.1 Å². The van der Waals surface area contributed by atoms with E-state index < -0.39 is 35.1 Å². The number of alkyl halides is 3. The van der Waals surface area contributed by atoms with Gasteiger partial charge in [0.25, 0.3) is 0 Å². The number of H-pyrrole nitrogens is 1. The van der Waals surface area contributed by atoms with Crippen LogP contribution >= 0.6 is 0 Å². The Morgan fingerprint density at radius 2 is 2.00 bits per heavy atom. The van der Waals surface area contributed by atoms with Crippen molar-refractivity contribution >= 4 is 16.9 Å². The molecule has 0 atom stereocenters. The number of fused-ring (bicyclic) bond motifs is 1. The molecule has 0 aliphatic heterocycles. The number of pyridine rings is 1. The summed E-state index contributed by atoms with van der Waals surface area (Å²) in [5, 5.41) is 8.49. The molecule has 2 rings (SSSR count). The van der Waals surface area contributed by atoms with Crippen molar-refractivity contribution in [1.82, 2.24) is 4.98 Å². The smallest absolute Gasteiger partial charge is 0.418 e. The van der Waals surface area contributed by atoms with E-state index >= 15 is 0 Å². The van der Waals surface area contributed by atoms with Crippen molar-refractivity contribution in [3.63, 3.8) is 0 Å². The lowest BCUT2D eigenvalue weighted by Crippen LogP contribution is -2.13. The van der Waals surface area contributed by atoms with E-state index in [-0.39, 0.29) is 11.1 Å². The SMILES string of the molecule is O=C(O)Cc1cc(=O)c2cccc(C(F)(F)F)c2[nH]1. The van der Waals surface area contributed by atoms with Gasteiger partial charge in [0.2, 0.25) is 0 Å². The molecule has 0 fully saturated rings. The van der Waals surface area contributed by atoms with E-state index in [4.69, 9.17) is 5.11 Å². The molecule has 0 aliphatic rings. The highest BCUT2D eigenvalue weighted by molar-refractivity contribution is 5.83. The molecule has 0 bridgehead atoms. The Morgan fingerprint density at radius 1 is 1.32 bits per heavy atom. The third-order valence-corrected chi connectivity index (χ3v) is 2.57. The molecule has 7 heteroatoms. The number of rotatable bonds is 2. The number of carbonyl (C=O) groups is 1. The van der Waals surface area contributed by atoms with E-state index in [2.05, 4.69) is 4.98 Å². The maximum atomic E-state index is 12.8. The number of carboxylic acid groups (broad SMARTS) is 1. The van der Waals surface area contributed by atoms with Crippen LogP contribution in [0.5, 0.6) is 0 Å². The number of benzene rings is 1. The van der Waals surface area contributed by atoms with Crippen LogP contribution in [0, 0.1) is 0 Å². The number of para-hydroxylation sites is 1. The summed E-state index contributed by atoms with van der Waals surface area (Å²) in [6, 6.07) is 4.23. The summed E-state index contributed by atoms with van der Waals surface area (Å²) >= 11 is 0. The normalized spacial score (nSPS) is 11.7. The lowest BCUT2D eigenvalue weighted by molar-refractivity contribution is -0.137. The molecule has 0 aliphatic carbocycles. The van der Waals surface area contributed by atoms with Crippen LogP contribution in [0.25, 0.3) is 10.9 Å². The van der Waals surface area contributed by atoms with Crippen LogP contribution in [0.15, 0.2) is 29.1 Å². The molecule has 1 heterocycles. The van der Waals surface area contributed by atoms with Crippen molar-refractivity contribution in [1.29, 1.82) is 0 Å². The van der Waals surface area contributed by atoms with E-state index in [0.29, 0.717) is 0 Å². The zero-order chi connectivity index (χ0) is 14.2. The van der Waals surface area contributed by atoms with Crippen LogP contribution in [0.3, 0.4) is 0 Å². The van der Waals surface area contributed by atoms with Crippen molar-refractivity contribution < 1.29 is 23.1 Å².